The molecule has 1 rings (SSSR count). The lowest BCUT2D eigenvalue weighted by atomic mass is 10.5. The molecule has 0 atom stereocenters. The molecule has 1 aromatic rings. The number of hydrogen-bond donors (Lipinski definition) is 1. The predicted octanol–water partition coefficient (Wildman–Crippen LogP) is 2.22. The quantitative estimate of drug-likeness (QED) is 0.706. The fourth-order valence-electron chi connectivity index (χ4n) is 1.12. The molecular formula is C10H18N2OS. The van der Waals surface area contributed by atoms with E-state index in [0.29, 0.717) is 0 Å². The van der Waals surface area contributed by atoms with E-state index in [1.54, 1.807) is 6.20 Å². The third-order valence-electron chi connectivity index (χ3n) is 1.79. The molecular weight excluding hydrogens is 196 g/mol. The second-order valence-corrected chi connectivity index (χ2v) is 4.49. The Morgan fingerprint density at radius 2 is 2.43 bits per heavy atom. The molecule has 1 heterocycles. The van der Waals surface area contributed by atoms with Gasteiger partial charge in [0.05, 0.1) is 12.7 Å². The van der Waals surface area contributed by atoms with Gasteiger partial charge in [0.25, 0.3) is 0 Å². The maximum Gasteiger partial charge on any atom is 0.208 e. The van der Waals surface area contributed by atoms with Gasteiger partial charge in [0.2, 0.25) is 5.89 Å². The van der Waals surface area contributed by atoms with E-state index in [2.05, 4.69) is 17.2 Å². The van der Waals surface area contributed by atoms with Crippen molar-refractivity contribution >= 4 is 11.8 Å². The van der Waals surface area contributed by atoms with Crippen LogP contribution in [0.2, 0.25) is 0 Å². The molecule has 0 aliphatic heterocycles. The van der Waals surface area contributed by atoms with Crippen molar-refractivity contribution in [1.29, 1.82) is 0 Å². The van der Waals surface area contributed by atoms with Crippen molar-refractivity contribution in [3.63, 3.8) is 0 Å². The Hall–Kier alpha value is -0.480. The molecule has 1 N–H and O–H groups in total. The molecule has 0 aromatic carbocycles. The minimum absolute atomic E-state index is 0.741. The third-order valence-corrected chi connectivity index (χ3v) is 2.78. The van der Waals surface area contributed by atoms with Crippen LogP contribution in [-0.4, -0.2) is 23.0 Å². The van der Waals surface area contributed by atoms with Crippen molar-refractivity contribution in [2.75, 3.05) is 18.1 Å². The lowest BCUT2D eigenvalue weighted by Crippen LogP contribution is -2.15. The zero-order valence-electron chi connectivity index (χ0n) is 8.88. The number of aryl methyl sites for hydroxylation is 1. The molecule has 0 aliphatic rings. The number of rotatable bonds is 7. The highest BCUT2D eigenvalue weighted by molar-refractivity contribution is 7.99. The molecule has 0 saturated carbocycles. The first-order chi connectivity index (χ1) is 6.83. The van der Waals surface area contributed by atoms with E-state index in [1.807, 2.05) is 18.7 Å². The van der Waals surface area contributed by atoms with E-state index in [4.69, 9.17) is 4.42 Å². The lowest BCUT2D eigenvalue weighted by Gasteiger charge is -2.00. The van der Waals surface area contributed by atoms with E-state index in [9.17, 15) is 0 Å². The van der Waals surface area contributed by atoms with Crippen LogP contribution >= 0.6 is 11.8 Å². The van der Waals surface area contributed by atoms with Crippen molar-refractivity contribution in [2.45, 2.75) is 26.8 Å². The minimum Gasteiger partial charge on any atom is -0.445 e. The van der Waals surface area contributed by atoms with Crippen LogP contribution in [0.4, 0.5) is 0 Å². The smallest absolute Gasteiger partial charge is 0.208 e. The van der Waals surface area contributed by atoms with Crippen molar-refractivity contribution in [3.05, 3.63) is 17.8 Å². The van der Waals surface area contributed by atoms with Crippen LogP contribution in [0.1, 0.15) is 25.0 Å². The van der Waals surface area contributed by atoms with Gasteiger partial charge in [-0.25, -0.2) is 4.98 Å². The molecule has 4 heteroatoms. The summed E-state index contributed by atoms with van der Waals surface area (Å²) in [5.41, 5.74) is 0. The SMILES string of the molecule is CCSCCCNCc1ncc(C)o1. The van der Waals surface area contributed by atoms with Gasteiger partial charge in [-0.15, -0.1) is 0 Å². The fraction of sp³-hybridized carbons (Fsp3) is 0.700. The molecule has 0 spiro atoms. The van der Waals surface area contributed by atoms with E-state index >= 15 is 0 Å². The molecule has 3 nitrogen and oxygen atoms in total. The molecule has 0 radical (unpaired) electrons. The summed E-state index contributed by atoms with van der Waals surface area (Å²) < 4.78 is 5.33. The second kappa shape index (κ2) is 6.90. The molecule has 80 valence electrons. The van der Waals surface area contributed by atoms with E-state index in [0.717, 1.165) is 24.7 Å². The summed E-state index contributed by atoms with van der Waals surface area (Å²) in [5.74, 6) is 4.10. The summed E-state index contributed by atoms with van der Waals surface area (Å²) in [6.07, 6.45) is 2.96. The first kappa shape index (κ1) is 11.6. The first-order valence-corrected chi connectivity index (χ1v) is 6.18. The van der Waals surface area contributed by atoms with Gasteiger partial charge in [-0.1, -0.05) is 6.92 Å². The Kier molecular flexibility index (Phi) is 5.71. The van der Waals surface area contributed by atoms with Crippen LogP contribution in [0.3, 0.4) is 0 Å². The van der Waals surface area contributed by atoms with Crippen LogP contribution in [0.15, 0.2) is 10.6 Å². The summed E-state index contributed by atoms with van der Waals surface area (Å²) in [7, 11) is 0. The third kappa shape index (κ3) is 4.67. The average molecular weight is 214 g/mol. The van der Waals surface area contributed by atoms with Gasteiger partial charge in [0.15, 0.2) is 0 Å². The molecule has 0 fully saturated rings. The number of nitrogens with one attached hydrogen (secondary N) is 1. The van der Waals surface area contributed by atoms with E-state index in [1.165, 1.54) is 17.9 Å². The van der Waals surface area contributed by atoms with Gasteiger partial charge < -0.3 is 9.73 Å². The molecule has 14 heavy (non-hydrogen) atoms. The fourth-order valence-corrected chi connectivity index (χ4v) is 1.76. The van der Waals surface area contributed by atoms with Crippen molar-refractivity contribution < 1.29 is 4.42 Å². The highest BCUT2D eigenvalue weighted by Gasteiger charge is 1.98. The molecule has 0 aliphatic carbocycles. The van der Waals surface area contributed by atoms with Gasteiger partial charge in [-0.05, 0) is 31.4 Å². The summed E-state index contributed by atoms with van der Waals surface area (Å²) in [6, 6.07) is 0. The number of nitrogens with zero attached hydrogens (tertiary/aromatic N) is 1. The normalized spacial score (nSPS) is 10.7. The summed E-state index contributed by atoms with van der Waals surface area (Å²) in [4.78, 5) is 4.12. The number of thioether (sulfide) groups is 1. The zero-order valence-corrected chi connectivity index (χ0v) is 9.69. The highest BCUT2D eigenvalue weighted by atomic mass is 32.2. The maximum absolute atomic E-state index is 5.33. The number of hydrogen-bond acceptors (Lipinski definition) is 4. The number of aromatic nitrogens is 1. The maximum atomic E-state index is 5.33. The highest BCUT2D eigenvalue weighted by Crippen LogP contribution is 2.02. The van der Waals surface area contributed by atoms with Gasteiger partial charge in [-0.3, -0.25) is 0 Å². The van der Waals surface area contributed by atoms with E-state index < -0.39 is 0 Å². The summed E-state index contributed by atoms with van der Waals surface area (Å²) >= 11 is 1.98. The van der Waals surface area contributed by atoms with Gasteiger partial charge in [0.1, 0.15) is 5.76 Å². The standard InChI is InChI=1S/C10H18N2OS/c1-3-14-6-4-5-11-8-10-12-7-9(2)13-10/h7,11H,3-6,8H2,1-2H3. The average Bonchev–Trinajstić information content (AvgIpc) is 2.58. The Balaban J connectivity index is 1.99. The van der Waals surface area contributed by atoms with Crippen LogP contribution in [0.25, 0.3) is 0 Å². The van der Waals surface area contributed by atoms with Crippen molar-refractivity contribution in [3.8, 4) is 0 Å². The topological polar surface area (TPSA) is 38.1 Å². The predicted molar refractivity (Wildman–Crippen MR) is 60.6 cm³/mol. The molecule has 0 amide bonds. The van der Waals surface area contributed by atoms with Crippen LogP contribution in [0, 0.1) is 6.92 Å². The molecule has 0 unspecified atom stereocenters. The second-order valence-electron chi connectivity index (χ2n) is 3.09. The first-order valence-electron chi connectivity index (χ1n) is 5.02. The monoisotopic (exact) mass is 214 g/mol. The van der Waals surface area contributed by atoms with Crippen molar-refractivity contribution in [2.24, 2.45) is 0 Å². The van der Waals surface area contributed by atoms with Crippen LogP contribution in [0.5, 0.6) is 0 Å². The molecule has 0 bridgehead atoms. The molecule has 1 aromatic heterocycles. The zero-order chi connectivity index (χ0) is 10.2. The lowest BCUT2D eigenvalue weighted by molar-refractivity contribution is 0.450. The largest absolute Gasteiger partial charge is 0.445 e. The summed E-state index contributed by atoms with van der Waals surface area (Å²) in [6.45, 7) is 5.88. The van der Waals surface area contributed by atoms with Gasteiger partial charge in [0, 0.05) is 0 Å². The Bertz CT molecular complexity index is 250. The van der Waals surface area contributed by atoms with E-state index in [-0.39, 0.29) is 0 Å². The summed E-state index contributed by atoms with van der Waals surface area (Å²) in [5, 5.41) is 3.30. The molecule has 0 saturated heterocycles. The van der Waals surface area contributed by atoms with Crippen molar-refractivity contribution in [1.82, 2.24) is 10.3 Å². The minimum atomic E-state index is 0.741. The van der Waals surface area contributed by atoms with Crippen LogP contribution in [-0.2, 0) is 6.54 Å². The Morgan fingerprint density at radius 1 is 1.57 bits per heavy atom. The van der Waals surface area contributed by atoms with Crippen LogP contribution < -0.4 is 5.32 Å². The van der Waals surface area contributed by atoms with Gasteiger partial charge >= 0.3 is 0 Å². The Morgan fingerprint density at radius 3 is 3.07 bits per heavy atom. The Labute approximate surface area is 89.7 Å². The number of oxazole rings is 1. The van der Waals surface area contributed by atoms with Gasteiger partial charge in [-0.2, -0.15) is 11.8 Å².